The van der Waals surface area contributed by atoms with Gasteiger partial charge in [-0.05, 0) is 62.9 Å². The van der Waals surface area contributed by atoms with Gasteiger partial charge in [0.2, 0.25) is 0 Å². The van der Waals surface area contributed by atoms with Gasteiger partial charge in [-0.25, -0.2) is 0 Å². The predicted molar refractivity (Wildman–Crippen MR) is 120 cm³/mol. The van der Waals surface area contributed by atoms with Gasteiger partial charge in [-0.2, -0.15) is 0 Å². The van der Waals surface area contributed by atoms with Crippen LogP contribution in [0.15, 0.2) is 84.1 Å². The second-order valence-electron chi connectivity index (χ2n) is 5.86. The molecule has 0 saturated heterocycles. The maximum absolute atomic E-state index is 5.55. The Hall–Kier alpha value is -2.28. The molecule has 0 aliphatic heterocycles. The molecule has 2 rings (SSSR count). The fraction of sp³-hybridized carbons (Fsp3) is 0.360. The topological polar surface area (TPSA) is 26.0 Å². The zero-order chi connectivity index (χ0) is 19.6. The summed E-state index contributed by atoms with van der Waals surface area (Å²) in [7, 11) is 0. The highest BCUT2D eigenvalue weighted by atomic mass is 14.5. The number of nitrogens with two attached hydrogens (primary N) is 1. The van der Waals surface area contributed by atoms with Gasteiger partial charge in [-0.1, -0.05) is 92.6 Å². The van der Waals surface area contributed by atoms with Gasteiger partial charge in [-0.3, -0.25) is 0 Å². The maximum Gasteiger partial charge on any atom is -0.00563 e. The van der Waals surface area contributed by atoms with Gasteiger partial charge >= 0.3 is 0 Å². The highest BCUT2D eigenvalue weighted by Gasteiger charge is 2.02. The van der Waals surface area contributed by atoms with E-state index < -0.39 is 0 Å². The molecule has 1 nitrogen and oxygen atoms in total. The lowest BCUT2D eigenvalue weighted by molar-refractivity contribution is 0.912. The fourth-order valence-electron chi connectivity index (χ4n) is 2.59. The van der Waals surface area contributed by atoms with Crippen molar-refractivity contribution < 1.29 is 0 Å². The smallest absolute Gasteiger partial charge is 0.00563 e. The minimum absolute atomic E-state index is 1.000. The molecule has 0 fully saturated rings. The summed E-state index contributed by atoms with van der Waals surface area (Å²) in [6, 6.07) is 10.4. The zero-order valence-electron chi connectivity index (χ0n) is 17.3. The van der Waals surface area contributed by atoms with Crippen LogP contribution >= 0.6 is 0 Å². The van der Waals surface area contributed by atoms with Gasteiger partial charge in [-0.15, -0.1) is 0 Å². The minimum atomic E-state index is 1.000. The average molecular weight is 352 g/mol. The number of allylic oxidation sites excluding steroid dienone is 9. The van der Waals surface area contributed by atoms with Crippen LogP contribution in [0.3, 0.4) is 0 Å². The van der Waals surface area contributed by atoms with Crippen LogP contribution in [0.2, 0.25) is 0 Å². The standard InChI is InChI=1S/C18H21N.C5H10.C2H6/c1-15-6-5-7-16(14-15)10-11-18(12-13-19)17-8-3-2-4-9-17;1-3-5-4-2;1-2/h2-4,6,8-9,11-14H,5,7,10,19H2,1H3;3,5H,4H2,1-2H3;1-2H3/b13-12-,18-11+;;. The van der Waals surface area contributed by atoms with Gasteiger partial charge in [0, 0.05) is 0 Å². The highest BCUT2D eigenvalue weighted by Crippen LogP contribution is 2.23. The van der Waals surface area contributed by atoms with Crippen LogP contribution in [0.5, 0.6) is 0 Å². The summed E-state index contributed by atoms with van der Waals surface area (Å²) in [5.74, 6) is 0. The van der Waals surface area contributed by atoms with Crippen LogP contribution in [-0.2, 0) is 0 Å². The molecule has 0 amide bonds. The summed E-state index contributed by atoms with van der Waals surface area (Å²) in [6.45, 7) is 10.3. The van der Waals surface area contributed by atoms with Crippen LogP contribution in [0.4, 0.5) is 0 Å². The van der Waals surface area contributed by atoms with Crippen LogP contribution in [0, 0.1) is 0 Å². The van der Waals surface area contributed by atoms with Crippen LogP contribution < -0.4 is 5.73 Å². The Morgan fingerprint density at radius 2 is 1.85 bits per heavy atom. The highest BCUT2D eigenvalue weighted by molar-refractivity contribution is 5.74. The second kappa shape index (κ2) is 16.2. The molecular weight excluding hydrogens is 314 g/mol. The van der Waals surface area contributed by atoms with Crippen molar-refractivity contribution in [3.05, 3.63) is 89.7 Å². The molecule has 0 unspecified atom stereocenters. The van der Waals surface area contributed by atoms with E-state index >= 15 is 0 Å². The summed E-state index contributed by atoms with van der Waals surface area (Å²) < 4.78 is 0. The summed E-state index contributed by atoms with van der Waals surface area (Å²) in [5.41, 5.74) is 10.8. The predicted octanol–water partition coefficient (Wildman–Crippen LogP) is 7.60. The van der Waals surface area contributed by atoms with E-state index in [0.717, 1.165) is 12.8 Å². The Morgan fingerprint density at radius 1 is 1.15 bits per heavy atom. The lowest BCUT2D eigenvalue weighted by Gasteiger charge is -2.10. The third-order valence-corrected chi connectivity index (χ3v) is 3.80. The third kappa shape index (κ3) is 10.6. The molecule has 0 heterocycles. The van der Waals surface area contributed by atoms with E-state index in [1.54, 1.807) is 6.20 Å². The molecule has 142 valence electrons. The van der Waals surface area contributed by atoms with Crippen molar-refractivity contribution in [2.45, 2.75) is 60.3 Å². The van der Waals surface area contributed by atoms with Gasteiger partial charge in [0.05, 0.1) is 0 Å². The normalized spacial score (nSPS) is 14.1. The molecule has 1 aromatic rings. The number of rotatable bonds is 5. The van der Waals surface area contributed by atoms with Crippen molar-refractivity contribution >= 4 is 5.57 Å². The first-order valence-electron chi connectivity index (χ1n) is 9.82. The van der Waals surface area contributed by atoms with Crippen LogP contribution in [0.1, 0.15) is 65.9 Å². The number of hydrogen-bond donors (Lipinski definition) is 1. The molecule has 2 N–H and O–H groups in total. The van der Waals surface area contributed by atoms with Crippen molar-refractivity contribution in [3.8, 4) is 0 Å². The fourth-order valence-corrected chi connectivity index (χ4v) is 2.59. The SMILES string of the molecule is CC.CC1=CCCC(C/C=C(\C=C/N)c2ccccc2)=C1.CC=CCC. The van der Waals surface area contributed by atoms with E-state index in [-0.39, 0.29) is 0 Å². The first-order valence-corrected chi connectivity index (χ1v) is 9.82. The molecule has 0 saturated carbocycles. The Labute approximate surface area is 161 Å². The molecule has 1 aliphatic rings. The molecule has 1 aliphatic carbocycles. The molecule has 1 aromatic carbocycles. The van der Waals surface area contributed by atoms with Crippen molar-refractivity contribution in [2.24, 2.45) is 5.73 Å². The molecular formula is C25H37N. The maximum atomic E-state index is 5.55. The third-order valence-electron chi connectivity index (χ3n) is 3.80. The minimum Gasteiger partial charge on any atom is -0.405 e. The van der Waals surface area contributed by atoms with E-state index in [1.165, 1.54) is 35.1 Å². The summed E-state index contributed by atoms with van der Waals surface area (Å²) >= 11 is 0. The van der Waals surface area contributed by atoms with Crippen LogP contribution in [0.25, 0.3) is 5.57 Å². The zero-order valence-corrected chi connectivity index (χ0v) is 17.3. The van der Waals surface area contributed by atoms with E-state index in [1.807, 2.05) is 32.9 Å². The van der Waals surface area contributed by atoms with Gasteiger partial charge in [0.1, 0.15) is 0 Å². The van der Waals surface area contributed by atoms with Gasteiger partial charge in [0.15, 0.2) is 0 Å². The molecule has 0 aromatic heterocycles. The quantitative estimate of drug-likeness (QED) is 0.429. The Balaban J connectivity index is 0.000000772. The molecule has 0 radical (unpaired) electrons. The monoisotopic (exact) mass is 351 g/mol. The Kier molecular flexibility index (Phi) is 14.8. The van der Waals surface area contributed by atoms with Gasteiger partial charge in [0.25, 0.3) is 0 Å². The summed E-state index contributed by atoms with van der Waals surface area (Å²) in [4.78, 5) is 0. The van der Waals surface area contributed by atoms with Crippen molar-refractivity contribution in [3.63, 3.8) is 0 Å². The molecule has 1 heteroatoms. The summed E-state index contributed by atoms with van der Waals surface area (Å²) in [5, 5.41) is 0. The Bertz CT molecular complexity index is 613. The van der Waals surface area contributed by atoms with E-state index in [4.69, 9.17) is 5.73 Å². The lowest BCUT2D eigenvalue weighted by Crippen LogP contribution is -1.90. The summed E-state index contributed by atoms with van der Waals surface area (Å²) in [6.07, 6.45) is 19.1. The second-order valence-corrected chi connectivity index (χ2v) is 5.86. The molecule has 0 atom stereocenters. The van der Waals surface area contributed by atoms with E-state index in [0.29, 0.717) is 0 Å². The largest absolute Gasteiger partial charge is 0.405 e. The van der Waals surface area contributed by atoms with Crippen molar-refractivity contribution in [1.82, 2.24) is 0 Å². The van der Waals surface area contributed by atoms with E-state index in [9.17, 15) is 0 Å². The van der Waals surface area contributed by atoms with Crippen molar-refractivity contribution in [2.75, 3.05) is 0 Å². The number of benzene rings is 1. The average Bonchev–Trinajstić information content (AvgIpc) is 2.69. The lowest BCUT2D eigenvalue weighted by atomic mass is 9.96. The molecule has 0 spiro atoms. The first-order chi connectivity index (χ1) is 12.7. The van der Waals surface area contributed by atoms with Crippen LogP contribution in [-0.4, -0.2) is 0 Å². The number of hydrogen-bond acceptors (Lipinski definition) is 1. The Morgan fingerprint density at radius 3 is 2.35 bits per heavy atom. The molecule has 0 bridgehead atoms. The van der Waals surface area contributed by atoms with Crippen molar-refractivity contribution in [1.29, 1.82) is 0 Å². The van der Waals surface area contributed by atoms with E-state index in [2.05, 4.69) is 68.5 Å². The first kappa shape index (κ1) is 23.7. The molecule has 26 heavy (non-hydrogen) atoms. The van der Waals surface area contributed by atoms with Gasteiger partial charge < -0.3 is 5.73 Å².